The molecule has 224 valence electrons. The smallest absolute Gasteiger partial charge is 0.255 e. The zero-order valence-electron chi connectivity index (χ0n) is 25.0. The Labute approximate surface area is 244 Å². The number of carbonyl (C=O) groups excluding carboxylic acids is 1. The average Bonchev–Trinajstić information content (AvgIpc) is 3.66. The van der Waals surface area contributed by atoms with E-state index in [4.69, 9.17) is 31.2 Å². The summed E-state index contributed by atoms with van der Waals surface area (Å²) in [6, 6.07) is 0. The number of β-lactam (4-membered cyclic amide) rings is 1. The summed E-state index contributed by atoms with van der Waals surface area (Å²) in [5.74, 6) is 1.19. The molecule has 2 aromatic heterocycles. The van der Waals surface area contributed by atoms with Crippen molar-refractivity contribution in [3.05, 3.63) is 16.5 Å². The van der Waals surface area contributed by atoms with E-state index in [0.717, 1.165) is 75.9 Å². The van der Waals surface area contributed by atoms with Gasteiger partial charge in [0, 0.05) is 24.5 Å². The second kappa shape index (κ2) is 12.7. The second-order valence-electron chi connectivity index (χ2n) is 12.9. The molecule has 1 aliphatic carbocycles. The molecule has 2 aliphatic heterocycles. The fourth-order valence-corrected chi connectivity index (χ4v) is 7.67. The quantitative estimate of drug-likeness (QED) is 0.176. The first-order chi connectivity index (χ1) is 19.4. The van der Waals surface area contributed by atoms with Crippen molar-refractivity contribution in [2.24, 2.45) is 0 Å². The van der Waals surface area contributed by atoms with Crippen LogP contribution in [0.2, 0.25) is 5.02 Å². The largest absolute Gasteiger partial charge is 0.380 e. The van der Waals surface area contributed by atoms with Gasteiger partial charge < -0.3 is 14.8 Å². The summed E-state index contributed by atoms with van der Waals surface area (Å²) in [5.41, 5.74) is 0.583. The van der Waals surface area contributed by atoms with Crippen LogP contribution in [0.5, 0.6) is 0 Å². The van der Waals surface area contributed by atoms with Gasteiger partial charge in [0.25, 0.3) is 5.91 Å². The van der Waals surface area contributed by atoms with E-state index in [2.05, 4.69) is 31.2 Å². The van der Waals surface area contributed by atoms with Gasteiger partial charge in [0.2, 0.25) is 0 Å². The lowest BCUT2D eigenvalue weighted by molar-refractivity contribution is -0.200. The van der Waals surface area contributed by atoms with Gasteiger partial charge in [0.1, 0.15) is 5.02 Å². The molecule has 1 saturated carbocycles. The maximum atomic E-state index is 13.2. The number of fused-ring (bicyclic) bond motifs is 1. The maximum absolute atomic E-state index is 13.2. The first-order valence-electron chi connectivity index (χ1n) is 16.1. The van der Waals surface area contributed by atoms with Crippen LogP contribution in [0, 0.1) is 0 Å². The average molecular weight is 576 g/mol. The number of unbranched alkanes of at least 4 members (excludes halogenated alkanes) is 8. The van der Waals surface area contributed by atoms with Crippen LogP contribution in [0.1, 0.15) is 141 Å². The predicted molar refractivity (Wildman–Crippen MR) is 158 cm³/mol. The van der Waals surface area contributed by atoms with Gasteiger partial charge in [0.05, 0.1) is 17.8 Å². The van der Waals surface area contributed by atoms with Gasteiger partial charge in [-0.1, -0.05) is 83.7 Å². The van der Waals surface area contributed by atoms with Crippen molar-refractivity contribution in [2.45, 2.75) is 146 Å². The summed E-state index contributed by atoms with van der Waals surface area (Å²) in [5, 5.41) is 12.2. The SMILES string of the molecule is CCCCCCCCOC1(CCCCCC)C(=O)NC12CCC(c1nc3c(Cl)c(C4(C)CCOC4)[nH]n3n1)CC2. The molecule has 2 N–H and O–H groups in total. The second-order valence-corrected chi connectivity index (χ2v) is 13.3. The molecule has 2 atom stereocenters. The van der Waals surface area contributed by atoms with Crippen molar-refractivity contribution in [3.8, 4) is 0 Å². The minimum absolute atomic E-state index is 0.102. The maximum Gasteiger partial charge on any atom is 0.255 e. The molecule has 40 heavy (non-hydrogen) atoms. The van der Waals surface area contributed by atoms with E-state index >= 15 is 0 Å². The Morgan fingerprint density at radius 1 is 1.02 bits per heavy atom. The van der Waals surface area contributed by atoms with E-state index in [1.54, 1.807) is 4.63 Å². The number of hydrogen-bond donors (Lipinski definition) is 2. The molecule has 1 spiro atoms. The van der Waals surface area contributed by atoms with Crippen LogP contribution in [0.25, 0.3) is 5.65 Å². The van der Waals surface area contributed by atoms with Gasteiger partial charge in [0.15, 0.2) is 17.1 Å². The van der Waals surface area contributed by atoms with Gasteiger partial charge in [-0.3, -0.25) is 9.89 Å². The summed E-state index contributed by atoms with van der Waals surface area (Å²) in [7, 11) is 0. The minimum Gasteiger partial charge on any atom is -0.380 e. The molecule has 0 bridgehead atoms. The number of halogens is 1. The molecule has 3 aliphatic rings. The van der Waals surface area contributed by atoms with E-state index in [1.807, 2.05) is 0 Å². The van der Waals surface area contributed by atoms with Crippen molar-refractivity contribution >= 4 is 23.2 Å². The van der Waals surface area contributed by atoms with E-state index in [1.165, 1.54) is 44.9 Å². The third kappa shape index (κ3) is 5.57. The number of rotatable bonds is 15. The van der Waals surface area contributed by atoms with Crippen LogP contribution in [0.15, 0.2) is 0 Å². The lowest BCUT2D eigenvalue weighted by atomic mass is 9.60. The fourth-order valence-electron chi connectivity index (χ4n) is 7.28. The Hall–Kier alpha value is -1.64. The Bertz CT molecular complexity index is 1130. The predicted octanol–water partition coefficient (Wildman–Crippen LogP) is 7.00. The van der Waals surface area contributed by atoms with E-state index in [0.29, 0.717) is 23.9 Å². The number of aromatic nitrogens is 4. The third-order valence-corrected chi connectivity index (χ3v) is 10.4. The molecule has 9 heteroatoms. The number of H-pyrrole nitrogens is 1. The Balaban J connectivity index is 1.24. The summed E-state index contributed by atoms with van der Waals surface area (Å²) in [4.78, 5) is 18.1. The van der Waals surface area contributed by atoms with Crippen molar-refractivity contribution in [2.75, 3.05) is 19.8 Å². The molecular weight excluding hydrogens is 526 g/mol. The summed E-state index contributed by atoms with van der Waals surface area (Å²) in [6.45, 7) is 8.73. The molecule has 1 amide bonds. The first-order valence-corrected chi connectivity index (χ1v) is 16.4. The normalized spacial score (nSPS) is 30.3. The number of amides is 1. The number of hydrogen-bond acceptors (Lipinski definition) is 5. The van der Waals surface area contributed by atoms with Crippen LogP contribution in [-0.4, -0.2) is 56.7 Å². The topological polar surface area (TPSA) is 93.5 Å². The molecule has 2 saturated heterocycles. The highest BCUT2D eigenvalue weighted by atomic mass is 35.5. The van der Waals surface area contributed by atoms with Gasteiger partial charge in [-0.05, 0) is 51.4 Å². The van der Waals surface area contributed by atoms with Crippen LogP contribution in [0.4, 0.5) is 0 Å². The molecule has 5 rings (SSSR count). The number of ether oxygens (including phenoxy) is 2. The van der Waals surface area contributed by atoms with Gasteiger partial charge in [-0.25, -0.2) is 4.98 Å². The number of aromatic amines is 1. The van der Waals surface area contributed by atoms with Crippen LogP contribution in [-0.2, 0) is 19.7 Å². The highest BCUT2D eigenvalue weighted by Gasteiger charge is 2.66. The molecule has 4 heterocycles. The van der Waals surface area contributed by atoms with E-state index in [9.17, 15) is 4.79 Å². The monoisotopic (exact) mass is 575 g/mol. The molecule has 0 aromatic carbocycles. The van der Waals surface area contributed by atoms with Crippen molar-refractivity contribution in [1.82, 2.24) is 25.1 Å². The van der Waals surface area contributed by atoms with Crippen molar-refractivity contribution < 1.29 is 14.3 Å². The fraction of sp³-hybridized carbons (Fsp3) is 0.839. The standard InChI is InChI=1S/C31H50ClN5O3/c1-4-6-8-10-11-13-20-40-31(16-12-9-7-5-2)28(38)34-30(31)17-14-23(15-18-30)26-33-27-24(32)25(35-37(27)36-26)29(3)19-21-39-22-29/h23,35H,4-22H2,1-3H3,(H,34,38). The molecule has 8 nitrogen and oxygen atoms in total. The summed E-state index contributed by atoms with van der Waals surface area (Å²) in [6.07, 6.45) is 17.3. The number of nitrogens with zero attached hydrogens (tertiary/aromatic N) is 3. The summed E-state index contributed by atoms with van der Waals surface area (Å²) < 4.78 is 14.0. The highest BCUT2D eigenvalue weighted by molar-refractivity contribution is 6.34. The summed E-state index contributed by atoms with van der Waals surface area (Å²) >= 11 is 6.80. The minimum atomic E-state index is -0.681. The highest BCUT2D eigenvalue weighted by Crippen LogP contribution is 2.51. The molecule has 2 aromatic rings. The van der Waals surface area contributed by atoms with Gasteiger partial charge in [-0.15, -0.1) is 5.10 Å². The lowest BCUT2D eigenvalue weighted by Gasteiger charge is -2.60. The van der Waals surface area contributed by atoms with Crippen molar-refractivity contribution in [1.29, 1.82) is 0 Å². The number of carbonyl (C=O) groups is 1. The molecular formula is C31H50ClN5O3. The first kappa shape index (κ1) is 29.8. The van der Waals surface area contributed by atoms with E-state index < -0.39 is 5.60 Å². The van der Waals surface area contributed by atoms with Crippen LogP contribution < -0.4 is 5.32 Å². The van der Waals surface area contributed by atoms with Gasteiger partial charge in [-0.2, -0.15) is 4.63 Å². The third-order valence-electron chi connectivity index (χ3n) is 10.0. The zero-order chi connectivity index (χ0) is 28.2. The Kier molecular flexibility index (Phi) is 9.47. The molecule has 3 fully saturated rings. The Morgan fingerprint density at radius 2 is 1.73 bits per heavy atom. The molecule has 2 unspecified atom stereocenters. The van der Waals surface area contributed by atoms with Crippen LogP contribution in [0.3, 0.4) is 0 Å². The van der Waals surface area contributed by atoms with Crippen LogP contribution >= 0.6 is 11.6 Å². The van der Waals surface area contributed by atoms with Crippen molar-refractivity contribution in [3.63, 3.8) is 0 Å². The lowest BCUT2D eigenvalue weighted by Crippen LogP contribution is -2.82. The Morgan fingerprint density at radius 3 is 2.38 bits per heavy atom. The number of nitrogens with one attached hydrogen (secondary N) is 2. The van der Waals surface area contributed by atoms with Gasteiger partial charge >= 0.3 is 0 Å². The molecule has 0 radical (unpaired) electrons. The van der Waals surface area contributed by atoms with E-state index in [-0.39, 0.29) is 22.8 Å². The zero-order valence-corrected chi connectivity index (χ0v) is 25.7.